The highest BCUT2D eigenvalue weighted by Crippen LogP contribution is 2.30. The lowest BCUT2D eigenvalue weighted by Gasteiger charge is -2.10. The molecule has 128 valence electrons. The third-order valence-corrected chi connectivity index (χ3v) is 5.03. The molecule has 0 saturated heterocycles. The number of carbonyl (C=O) groups excluding carboxylic acids is 1. The Morgan fingerprint density at radius 3 is 2.76 bits per heavy atom. The first kappa shape index (κ1) is 15.9. The number of nitrogens with one attached hydrogen (secondary N) is 1. The number of fused-ring (bicyclic) bond motifs is 1. The first-order chi connectivity index (χ1) is 12.3. The Morgan fingerprint density at radius 2 is 1.96 bits per heavy atom. The van der Waals surface area contributed by atoms with Crippen molar-refractivity contribution in [3.63, 3.8) is 0 Å². The van der Waals surface area contributed by atoms with Crippen molar-refractivity contribution in [3.05, 3.63) is 65.7 Å². The molecule has 1 N–H and O–H groups in total. The SMILES string of the molecule is O=C(C[C@H]1C=CCC1)NCc1ccc(-c2ccc3c(c2)CCO3)cc1. The summed E-state index contributed by atoms with van der Waals surface area (Å²) in [6.07, 6.45) is 8.13. The van der Waals surface area contributed by atoms with Crippen LogP contribution in [0.1, 0.15) is 30.4 Å². The summed E-state index contributed by atoms with van der Waals surface area (Å²) in [5.41, 5.74) is 4.83. The fourth-order valence-electron chi connectivity index (χ4n) is 3.56. The van der Waals surface area contributed by atoms with Gasteiger partial charge in [-0.05, 0) is 53.1 Å². The van der Waals surface area contributed by atoms with Crippen LogP contribution in [0.15, 0.2) is 54.6 Å². The Kier molecular flexibility index (Phi) is 4.55. The molecule has 1 aliphatic heterocycles. The number of ether oxygens (including phenoxy) is 1. The van der Waals surface area contributed by atoms with Crippen molar-refractivity contribution < 1.29 is 9.53 Å². The molecule has 1 heterocycles. The van der Waals surface area contributed by atoms with E-state index in [0.29, 0.717) is 18.9 Å². The number of hydrogen-bond acceptors (Lipinski definition) is 2. The maximum Gasteiger partial charge on any atom is 0.220 e. The van der Waals surface area contributed by atoms with E-state index in [1.165, 1.54) is 16.7 Å². The third-order valence-electron chi connectivity index (χ3n) is 5.03. The summed E-state index contributed by atoms with van der Waals surface area (Å²) in [4.78, 5) is 12.0. The quantitative estimate of drug-likeness (QED) is 0.830. The minimum Gasteiger partial charge on any atom is -0.493 e. The lowest BCUT2D eigenvalue weighted by Crippen LogP contribution is -2.24. The van der Waals surface area contributed by atoms with E-state index in [-0.39, 0.29) is 5.91 Å². The molecule has 1 aliphatic carbocycles. The van der Waals surface area contributed by atoms with Gasteiger partial charge in [0.15, 0.2) is 0 Å². The third kappa shape index (κ3) is 3.76. The maximum absolute atomic E-state index is 12.0. The van der Waals surface area contributed by atoms with Crippen molar-refractivity contribution in [1.29, 1.82) is 0 Å². The molecule has 0 saturated carbocycles. The highest BCUT2D eigenvalue weighted by Gasteiger charge is 2.14. The molecule has 0 radical (unpaired) electrons. The fraction of sp³-hybridized carbons (Fsp3) is 0.318. The van der Waals surface area contributed by atoms with E-state index in [9.17, 15) is 4.79 Å². The summed E-state index contributed by atoms with van der Waals surface area (Å²) >= 11 is 0. The van der Waals surface area contributed by atoms with Gasteiger partial charge in [-0.2, -0.15) is 0 Å². The number of amides is 1. The summed E-state index contributed by atoms with van der Waals surface area (Å²) in [5.74, 6) is 1.57. The number of allylic oxidation sites excluding steroid dienone is 2. The number of hydrogen-bond donors (Lipinski definition) is 1. The van der Waals surface area contributed by atoms with Crippen molar-refractivity contribution in [2.45, 2.75) is 32.2 Å². The van der Waals surface area contributed by atoms with Crippen LogP contribution < -0.4 is 10.1 Å². The maximum atomic E-state index is 12.0. The summed E-state index contributed by atoms with van der Waals surface area (Å²) in [6.45, 7) is 1.38. The molecule has 1 amide bonds. The van der Waals surface area contributed by atoms with Crippen molar-refractivity contribution >= 4 is 5.91 Å². The Balaban J connectivity index is 1.35. The van der Waals surface area contributed by atoms with Crippen LogP contribution in [-0.2, 0) is 17.8 Å². The average molecular weight is 333 g/mol. The molecule has 0 spiro atoms. The van der Waals surface area contributed by atoms with Gasteiger partial charge < -0.3 is 10.1 Å². The molecule has 0 unspecified atom stereocenters. The van der Waals surface area contributed by atoms with Crippen molar-refractivity contribution in [2.24, 2.45) is 5.92 Å². The normalized spacial score (nSPS) is 18.0. The Hall–Kier alpha value is -2.55. The number of rotatable bonds is 5. The smallest absolute Gasteiger partial charge is 0.220 e. The van der Waals surface area contributed by atoms with Crippen molar-refractivity contribution in [2.75, 3.05) is 6.61 Å². The van der Waals surface area contributed by atoms with E-state index >= 15 is 0 Å². The minimum atomic E-state index is 0.138. The van der Waals surface area contributed by atoms with E-state index in [1.807, 2.05) is 0 Å². The van der Waals surface area contributed by atoms with Crippen LogP contribution in [0.3, 0.4) is 0 Å². The molecule has 0 bridgehead atoms. The zero-order chi connectivity index (χ0) is 17.1. The summed E-state index contributed by atoms with van der Waals surface area (Å²) in [5, 5.41) is 3.03. The second kappa shape index (κ2) is 7.14. The first-order valence-corrected chi connectivity index (χ1v) is 9.06. The van der Waals surface area contributed by atoms with Crippen molar-refractivity contribution in [3.8, 4) is 16.9 Å². The van der Waals surface area contributed by atoms with Gasteiger partial charge in [0.1, 0.15) is 5.75 Å². The lowest BCUT2D eigenvalue weighted by atomic mass is 10.0. The molecule has 3 nitrogen and oxygen atoms in total. The van der Waals surface area contributed by atoms with E-state index in [2.05, 4.69) is 59.9 Å². The van der Waals surface area contributed by atoms with Crippen LogP contribution >= 0.6 is 0 Å². The molecule has 2 aromatic carbocycles. The Bertz CT molecular complexity index is 792. The van der Waals surface area contributed by atoms with Crippen LogP contribution in [0.2, 0.25) is 0 Å². The number of benzene rings is 2. The van der Waals surface area contributed by atoms with E-state index < -0.39 is 0 Å². The zero-order valence-electron chi connectivity index (χ0n) is 14.3. The van der Waals surface area contributed by atoms with Crippen molar-refractivity contribution in [1.82, 2.24) is 5.32 Å². The van der Waals surface area contributed by atoms with Crippen LogP contribution in [0.5, 0.6) is 5.75 Å². The van der Waals surface area contributed by atoms with Gasteiger partial charge in [0, 0.05) is 19.4 Å². The summed E-state index contributed by atoms with van der Waals surface area (Å²) in [6, 6.07) is 14.8. The summed E-state index contributed by atoms with van der Waals surface area (Å²) < 4.78 is 5.57. The van der Waals surface area contributed by atoms with Gasteiger partial charge in [0.05, 0.1) is 6.61 Å². The molecule has 0 aromatic heterocycles. The highest BCUT2D eigenvalue weighted by molar-refractivity contribution is 5.76. The molecule has 0 fully saturated rings. The van der Waals surface area contributed by atoms with Gasteiger partial charge in [-0.25, -0.2) is 0 Å². The monoisotopic (exact) mass is 333 g/mol. The lowest BCUT2D eigenvalue weighted by molar-refractivity contribution is -0.121. The van der Waals surface area contributed by atoms with Gasteiger partial charge in [-0.3, -0.25) is 4.79 Å². The predicted molar refractivity (Wildman–Crippen MR) is 99.4 cm³/mol. The highest BCUT2D eigenvalue weighted by atomic mass is 16.5. The minimum absolute atomic E-state index is 0.138. The van der Waals surface area contributed by atoms with Crippen LogP contribution in [0.25, 0.3) is 11.1 Å². The molecule has 4 rings (SSSR count). The first-order valence-electron chi connectivity index (χ1n) is 9.06. The Morgan fingerprint density at radius 1 is 1.12 bits per heavy atom. The molecule has 1 atom stereocenters. The zero-order valence-corrected chi connectivity index (χ0v) is 14.3. The topological polar surface area (TPSA) is 38.3 Å². The van der Waals surface area contributed by atoms with Gasteiger partial charge in [0.25, 0.3) is 0 Å². The van der Waals surface area contributed by atoms with E-state index in [4.69, 9.17) is 4.74 Å². The molecule has 2 aliphatic rings. The average Bonchev–Trinajstić information content (AvgIpc) is 3.31. The van der Waals surface area contributed by atoms with Crippen LogP contribution in [0.4, 0.5) is 0 Å². The van der Waals surface area contributed by atoms with Gasteiger partial charge >= 0.3 is 0 Å². The number of carbonyl (C=O) groups is 1. The molecule has 2 aromatic rings. The Labute approximate surface area is 148 Å². The van der Waals surface area contributed by atoms with Gasteiger partial charge in [-0.1, -0.05) is 42.5 Å². The molecule has 3 heteroatoms. The van der Waals surface area contributed by atoms with Gasteiger partial charge in [-0.15, -0.1) is 0 Å². The second-order valence-electron chi connectivity index (χ2n) is 6.86. The van der Waals surface area contributed by atoms with Gasteiger partial charge in [0.2, 0.25) is 5.91 Å². The van der Waals surface area contributed by atoms with E-state index in [0.717, 1.165) is 37.2 Å². The summed E-state index contributed by atoms with van der Waals surface area (Å²) in [7, 11) is 0. The molecular formula is C22H23NO2. The second-order valence-corrected chi connectivity index (χ2v) is 6.86. The standard InChI is InChI=1S/C22H23NO2/c24-22(13-16-3-1-2-4-16)23-15-17-5-7-18(8-6-17)19-9-10-21-20(14-19)11-12-25-21/h1,3,5-10,14,16H,2,4,11-13,15H2,(H,23,24)/t16-/m0/s1. The molecule has 25 heavy (non-hydrogen) atoms. The molecular weight excluding hydrogens is 310 g/mol. The van der Waals surface area contributed by atoms with Crippen LogP contribution in [-0.4, -0.2) is 12.5 Å². The van der Waals surface area contributed by atoms with E-state index in [1.54, 1.807) is 0 Å². The fourth-order valence-corrected chi connectivity index (χ4v) is 3.56. The predicted octanol–water partition coefficient (Wildman–Crippen LogP) is 4.26. The largest absolute Gasteiger partial charge is 0.493 e. The van der Waals surface area contributed by atoms with Crippen LogP contribution in [0, 0.1) is 5.92 Å².